The minimum absolute atomic E-state index is 0.0913. The molecule has 5 heteroatoms. The Morgan fingerprint density at radius 1 is 0.267 bits per heavy atom. The van der Waals surface area contributed by atoms with Crippen LogP contribution in [0.2, 0.25) is 0 Å². The maximum atomic E-state index is 12.4. The van der Waals surface area contributed by atoms with Gasteiger partial charge >= 0.3 is 11.9 Å². The van der Waals surface area contributed by atoms with Gasteiger partial charge in [0.25, 0.3) is 0 Å². The lowest BCUT2D eigenvalue weighted by molar-refractivity contribution is -0.161. The van der Waals surface area contributed by atoms with Crippen molar-refractivity contribution in [1.29, 1.82) is 0 Å². The number of ether oxygens (including phenoxy) is 2. The smallest absolute Gasteiger partial charge is 0.306 e. The molecule has 480 valence electrons. The number of esters is 2. The summed E-state index contributed by atoms with van der Waals surface area (Å²) in [5, 5.41) is 9.70. The van der Waals surface area contributed by atoms with E-state index in [2.05, 4.69) is 220 Å². The highest BCUT2D eigenvalue weighted by atomic mass is 16.6. The summed E-state index contributed by atoms with van der Waals surface area (Å²) >= 11 is 0. The standard InChI is InChI=1S/C81H126O5/c1-3-5-7-9-11-13-15-17-19-21-23-25-27-29-31-33-35-37-39-40-42-44-46-48-50-52-54-56-58-60-62-64-66-68-70-72-74-76-81(84)86-79(77-82)78-85-80(83)75-73-71-69-67-65-63-61-59-57-55-53-51-49-47-45-43-41-38-36-34-32-30-28-26-24-22-20-18-16-14-12-10-8-6-4-2/h5-8,11-14,17-20,23-26,29-32,35-38,40,42,46,48,52,54,58,60,64,66,79,82H,3-4,9-10,15-16,21-22,27-28,33-34,39,41,43-45,47,49-51,53,55-57,59,61-63,65,67-78H2,1-2H3/b7-5-,8-6-,13-11-,14-12-,19-17-,20-18-,25-23-,26-24-,31-29-,32-30-,37-35-,38-36-,42-40-,48-46-,54-52-,60-58-,66-64-. The Bertz CT molecular complexity index is 2020. The quantitative estimate of drug-likeness (QED) is 0.0373. The van der Waals surface area contributed by atoms with Gasteiger partial charge in [-0.05, 0) is 148 Å². The Morgan fingerprint density at radius 3 is 0.709 bits per heavy atom. The van der Waals surface area contributed by atoms with Crippen LogP contribution in [0.3, 0.4) is 0 Å². The van der Waals surface area contributed by atoms with Gasteiger partial charge in [-0.2, -0.15) is 0 Å². The van der Waals surface area contributed by atoms with Crippen molar-refractivity contribution in [3.8, 4) is 0 Å². The molecule has 0 aromatic rings. The Morgan fingerprint density at radius 2 is 0.465 bits per heavy atom. The van der Waals surface area contributed by atoms with Gasteiger partial charge < -0.3 is 14.6 Å². The van der Waals surface area contributed by atoms with Crippen LogP contribution < -0.4 is 0 Å². The lowest BCUT2D eigenvalue weighted by atomic mass is 10.0. The van der Waals surface area contributed by atoms with Gasteiger partial charge in [-0.3, -0.25) is 9.59 Å². The van der Waals surface area contributed by atoms with Crippen molar-refractivity contribution in [3.63, 3.8) is 0 Å². The number of hydrogen-bond acceptors (Lipinski definition) is 5. The van der Waals surface area contributed by atoms with Crippen LogP contribution in [-0.4, -0.2) is 36.4 Å². The van der Waals surface area contributed by atoms with Crippen LogP contribution in [0.1, 0.15) is 271 Å². The third-order valence-corrected chi connectivity index (χ3v) is 14.1. The summed E-state index contributed by atoms with van der Waals surface area (Å²) < 4.78 is 10.7. The fourth-order valence-electron chi connectivity index (χ4n) is 8.98. The highest BCUT2D eigenvalue weighted by Crippen LogP contribution is 2.16. The highest BCUT2D eigenvalue weighted by molar-refractivity contribution is 5.70. The van der Waals surface area contributed by atoms with Gasteiger partial charge in [0, 0.05) is 12.8 Å². The first-order valence-electron chi connectivity index (χ1n) is 34.6. The second-order valence-corrected chi connectivity index (χ2v) is 22.1. The fourth-order valence-corrected chi connectivity index (χ4v) is 8.98. The number of unbranched alkanes of at least 4 members (excludes halogenated alkanes) is 19. The average molecular weight is 1180 g/mol. The van der Waals surface area contributed by atoms with Crippen LogP contribution >= 0.6 is 0 Å². The van der Waals surface area contributed by atoms with Crippen molar-refractivity contribution in [2.45, 2.75) is 277 Å². The van der Waals surface area contributed by atoms with Crippen LogP contribution in [0.25, 0.3) is 0 Å². The predicted molar refractivity (Wildman–Crippen MR) is 379 cm³/mol. The monoisotopic (exact) mass is 1180 g/mol. The van der Waals surface area contributed by atoms with E-state index in [9.17, 15) is 14.7 Å². The highest BCUT2D eigenvalue weighted by Gasteiger charge is 2.16. The largest absolute Gasteiger partial charge is 0.462 e. The summed E-state index contributed by atoms with van der Waals surface area (Å²) in [6.07, 6.45) is 118. The van der Waals surface area contributed by atoms with Gasteiger partial charge in [-0.25, -0.2) is 0 Å². The molecule has 0 aromatic heterocycles. The molecule has 0 amide bonds. The van der Waals surface area contributed by atoms with Gasteiger partial charge in [-0.1, -0.05) is 317 Å². The van der Waals surface area contributed by atoms with Gasteiger partial charge in [-0.15, -0.1) is 0 Å². The Labute approximate surface area is 530 Å². The maximum Gasteiger partial charge on any atom is 0.306 e. The summed E-state index contributed by atoms with van der Waals surface area (Å²) in [6.45, 7) is 3.88. The first-order chi connectivity index (χ1) is 42.6. The lowest BCUT2D eigenvalue weighted by Gasteiger charge is -2.15. The van der Waals surface area contributed by atoms with Crippen molar-refractivity contribution < 1.29 is 24.2 Å². The first-order valence-corrected chi connectivity index (χ1v) is 34.6. The van der Waals surface area contributed by atoms with E-state index >= 15 is 0 Å². The summed E-state index contributed by atoms with van der Waals surface area (Å²) in [6, 6.07) is 0. The first kappa shape index (κ1) is 80.5. The molecule has 0 aliphatic rings. The van der Waals surface area contributed by atoms with Crippen LogP contribution in [0, 0.1) is 0 Å². The van der Waals surface area contributed by atoms with Crippen LogP contribution in [0.15, 0.2) is 207 Å². The number of allylic oxidation sites excluding steroid dienone is 34. The minimum Gasteiger partial charge on any atom is -0.462 e. The van der Waals surface area contributed by atoms with Gasteiger partial charge in [0.05, 0.1) is 6.61 Å². The fraction of sp³-hybridized carbons (Fsp3) is 0.556. The molecular weight excluding hydrogens is 1050 g/mol. The SMILES string of the molecule is CC/C=C\C/C=C\C/C=C\C/C=C\C/C=C\C/C=C\C/C=C\C/C=C\C/C=C\C/C=C\C/C=C\CCCCCC(=O)OC(CO)COC(=O)CCCCCCCCCCCCCCCCCC/C=C\C/C=C\C/C=C\C/C=C\C/C=C\C/C=C\CC. The predicted octanol–water partition coefficient (Wildman–Crippen LogP) is 24.5. The number of aliphatic hydroxyl groups excluding tert-OH is 1. The number of carbonyl (C=O) groups excluding carboxylic acids is 2. The number of carbonyl (C=O) groups is 2. The molecule has 5 nitrogen and oxygen atoms in total. The van der Waals surface area contributed by atoms with Crippen molar-refractivity contribution in [2.75, 3.05) is 13.2 Å². The van der Waals surface area contributed by atoms with Crippen LogP contribution in [0.4, 0.5) is 0 Å². The van der Waals surface area contributed by atoms with E-state index in [1.54, 1.807) is 0 Å². The summed E-state index contributed by atoms with van der Waals surface area (Å²) in [5.74, 6) is -0.638. The summed E-state index contributed by atoms with van der Waals surface area (Å²) in [4.78, 5) is 24.6. The van der Waals surface area contributed by atoms with Crippen molar-refractivity contribution >= 4 is 11.9 Å². The molecule has 0 saturated heterocycles. The molecule has 0 aliphatic heterocycles. The number of rotatable bonds is 61. The van der Waals surface area contributed by atoms with E-state index in [0.29, 0.717) is 12.8 Å². The zero-order valence-corrected chi connectivity index (χ0v) is 55.0. The van der Waals surface area contributed by atoms with E-state index in [0.717, 1.165) is 154 Å². The molecule has 86 heavy (non-hydrogen) atoms. The van der Waals surface area contributed by atoms with E-state index in [4.69, 9.17) is 9.47 Å². The number of aliphatic hydroxyl groups is 1. The third kappa shape index (κ3) is 71.0. The molecular formula is C81H126O5. The Hall–Kier alpha value is -5.52. The average Bonchev–Trinajstić information content (AvgIpc) is 3.53. The second-order valence-electron chi connectivity index (χ2n) is 22.1. The zero-order valence-electron chi connectivity index (χ0n) is 55.0. The molecule has 1 unspecified atom stereocenters. The Kier molecular flexibility index (Phi) is 69.0. The van der Waals surface area contributed by atoms with E-state index in [1.807, 2.05) is 0 Å². The van der Waals surface area contributed by atoms with Crippen molar-refractivity contribution in [3.05, 3.63) is 207 Å². The van der Waals surface area contributed by atoms with Crippen LogP contribution in [0.5, 0.6) is 0 Å². The molecule has 1 atom stereocenters. The molecule has 0 aromatic carbocycles. The van der Waals surface area contributed by atoms with Gasteiger partial charge in [0.15, 0.2) is 6.10 Å². The maximum absolute atomic E-state index is 12.4. The normalized spacial score (nSPS) is 13.6. The second kappa shape index (κ2) is 73.7. The zero-order chi connectivity index (χ0) is 61.9. The van der Waals surface area contributed by atoms with E-state index < -0.39 is 6.10 Å². The molecule has 0 aliphatic carbocycles. The van der Waals surface area contributed by atoms with E-state index in [1.165, 1.54) is 89.9 Å². The van der Waals surface area contributed by atoms with Crippen molar-refractivity contribution in [1.82, 2.24) is 0 Å². The molecule has 0 saturated carbocycles. The molecule has 0 bridgehead atoms. The molecule has 1 N–H and O–H groups in total. The lowest BCUT2D eigenvalue weighted by Crippen LogP contribution is -2.28. The molecule has 0 fully saturated rings. The minimum atomic E-state index is -0.806. The van der Waals surface area contributed by atoms with Crippen LogP contribution in [-0.2, 0) is 19.1 Å². The Balaban J connectivity index is 3.62. The van der Waals surface area contributed by atoms with Gasteiger partial charge in [0.2, 0.25) is 0 Å². The molecule has 0 heterocycles. The van der Waals surface area contributed by atoms with Gasteiger partial charge in [0.1, 0.15) is 6.61 Å². The third-order valence-electron chi connectivity index (χ3n) is 14.1. The molecule has 0 spiro atoms. The van der Waals surface area contributed by atoms with Crippen molar-refractivity contribution in [2.24, 2.45) is 0 Å². The number of hydrogen-bond donors (Lipinski definition) is 1. The van der Waals surface area contributed by atoms with E-state index in [-0.39, 0.29) is 25.2 Å². The molecule has 0 radical (unpaired) electrons. The summed E-state index contributed by atoms with van der Waals surface area (Å²) in [7, 11) is 0. The molecule has 0 rings (SSSR count). The summed E-state index contributed by atoms with van der Waals surface area (Å²) in [5.41, 5.74) is 0. The topological polar surface area (TPSA) is 72.8 Å².